The number of nitrogens with zero attached hydrogens (tertiary/aromatic N) is 6. The highest BCUT2D eigenvalue weighted by atomic mass is 15.3. The van der Waals surface area contributed by atoms with Crippen LogP contribution in [0.1, 0.15) is 30.7 Å². The van der Waals surface area contributed by atoms with Gasteiger partial charge in [0.2, 0.25) is 5.95 Å². The number of benzene rings is 2. The largest absolute Gasteiger partial charge is 0.353 e. The molecule has 2 aromatic carbocycles. The van der Waals surface area contributed by atoms with Crippen molar-refractivity contribution in [3.8, 4) is 5.69 Å². The number of fused-ring (bicyclic) bond motifs is 1. The molecule has 4 aromatic rings. The third kappa shape index (κ3) is 3.85. The molecule has 5 rings (SSSR count). The molecule has 0 aliphatic carbocycles. The number of anilines is 2. The van der Waals surface area contributed by atoms with Gasteiger partial charge in [0.1, 0.15) is 5.82 Å². The SMILES string of the molecule is Cc1nc2c(N(C)Cc3ccccc3)nc(N3CCCCC3)nc2n1-c1ccccc1. The third-order valence-electron chi connectivity index (χ3n) is 5.92. The number of imidazole rings is 1. The number of rotatable bonds is 5. The number of aromatic nitrogens is 4. The molecule has 0 N–H and O–H groups in total. The Morgan fingerprint density at radius 3 is 2.23 bits per heavy atom. The predicted octanol–water partition coefficient (Wildman–Crippen LogP) is 4.75. The van der Waals surface area contributed by atoms with Crippen LogP contribution in [0.4, 0.5) is 11.8 Å². The predicted molar refractivity (Wildman–Crippen MR) is 126 cm³/mol. The van der Waals surface area contributed by atoms with Gasteiger partial charge in [-0.1, -0.05) is 48.5 Å². The second-order valence-corrected chi connectivity index (χ2v) is 8.24. The average Bonchev–Trinajstić information content (AvgIpc) is 3.15. The van der Waals surface area contributed by atoms with Crippen molar-refractivity contribution in [2.45, 2.75) is 32.7 Å². The van der Waals surface area contributed by atoms with Crippen LogP contribution in [0.5, 0.6) is 0 Å². The monoisotopic (exact) mass is 412 g/mol. The minimum Gasteiger partial charge on any atom is -0.353 e. The topological polar surface area (TPSA) is 50.1 Å². The molecule has 6 heteroatoms. The van der Waals surface area contributed by atoms with Gasteiger partial charge < -0.3 is 9.80 Å². The molecule has 1 saturated heterocycles. The van der Waals surface area contributed by atoms with Crippen LogP contribution >= 0.6 is 0 Å². The fourth-order valence-electron chi connectivity index (χ4n) is 4.36. The molecule has 0 unspecified atom stereocenters. The molecule has 6 nitrogen and oxygen atoms in total. The lowest BCUT2D eigenvalue weighted by Gasteiger charge is -2.28. The molecule has 1 fully saturated rings. The molecule has 0 spiro atoms. The number of hydrogen-bond acceptors (Lipinski definition) is 5. The zero-order valence-corrected chi connectivity index (χ0v) is 18.2. The number of hydrogen-bond donors (Lipinski definition) is 0. The summed E-state index contributed by atoms with van der Waals surface area (Å²) in [7, 11) is 2.09. The molecule has 158 valence electrons. The van der Waals surface area contributed by atoms with Gasteiger partial charge in [-0.25, -0.2) is 4.98 Å². The highest BCUT2D eigenvalue weighted by Crippen LogP contribution is 2.30. The van der Waals surface area contributed by atoms with E-state index in [9.17, 15) is 0 Å². The Hall–Kier alpha value is -3.41. The molecule has 0 saturated carbocycles. The summed E-state index contributed by atoms with van der Waals surface area (Å²) in [6.07, 6.45) is 3.65. The first-order chi connectivity index (χ1) is 15.2. The van der Waals surface area contributed by atoms with Crippen LogP contribution in [0.2, 0.25) is 0 Å². The summed E-state index contributed by atoms with van der Waals surface area (Å²) in [6.45, 7) is 4.82. The van der Waals surface area contributed by atoms with Gasteiger partial charge in [-0.15, -0.1) is 0 Å². The van der Waals surface area contributed by atoms with Gasteiger partial charge in [0.25, 0.3) is 0 Å². The standard InChI is InChI=1S/C25H28N6/c1-19-26-22-23(29(2)18-20-12-6-3-7-13-20)27-25(30-16-10-5-11-17-30)28-24(22)31(19)21-14-8-4-9-15-21/h3-4,6-9,12-15H,5,10-11,16-18H2,1-2H3. The van der Waals surface area contributed by atoms with Crippen LogP contribution in [0.25, 0.3) is 16.9 Å². The second kappa shape index (κ2) is 8.38. The van der Waals surface area contributed by atoms with E-state index < -0.39 is 0 Å². The Bertz CT molecular complexity index is 1160. The van der Waals surface area contributed by atoms with Crippen molar-refractivity contribution in [2.24, 2.45) is 0 Å². The van der Waals surface area contributed by atoms with Crippen molar-refractivity contribution in [1.29, 1.82) is 0 Å². The Labute approximate surface area is 183 Å². The normalized spacial score (nSPS) is 14.2. The van der Waals surface area contributed by atoms with Crippen molar-refractivity contribution in [2.75, 3.05) is 29.9 Å². The van der Waals surface area contributed by atoms with Gasteiger partial charge in [-0.3, -0.25) is 4.57 Å². The highest BCUT2D eigenvalue weighted by molar-refractivity contribution is 5.86. The molecule has 1 aliphatic heterocycles. The van der Waals surface area contributed by atoms with E-state index in [1.165, 1.54) is 24.8 Å². The minimum atomic E-state index is 0.767. The fraction of sp³-hybridized carbons (Fsp3) is 0.320. The van der Waals surface area contributed by atoms with Crippen LogP contribution in [0.15, 0.2) is 60.7 Å². The fourth-order valence-corrected chi connectivity index (χ4v) is 4.36. The van der Waals surface area contributed by atoms with E-state index in [1.54, 1.807) is 0 Å². The van der Waals surface area contributed by atoms with Gasteiger partial charge in [-0.05, 0) is 43.9 Å². The van der Waals surface area contributed by atoms with E-state index in [4.69, 9.17) is 15.0 Å². The van der Waals surface area contributed by atoms with Crippen LogP contribution < -0.4 is 9.80 Å². The third-order valence-corrected chi connectivity index (χ3v) is 5.92. The molecule has 0 radical (unpaired) electrons. The Kier molecular flexibility index (Phi) is 5.28. The number of piperidine rings is 1. The number of aryl methyl sites for hydroxylation is 1. The Morgan fingerprint density at radius 1 is 0.839 bits per heavy atom. The highest BCUT2D eigenvalue weighted by Gasteiger charge is 2.22. The van der Waals surface area contributed by atoms with Crippen LogP contribution in [0, 0.1) is 6.92 Å². The van der Waals surface area contributed by atoms with Gasteiger partial charge in [-0.2, -0.15) is 9.97 Å². The molecule has 31 heavy (non-hydrogen) atoms. The maximum absolute atomic E-state index is 5.03. The van der Waals surface area contributed by atoms with E-state index in [1.807, 2.05) is 19.1 Å². The Balaban J connectivity index is 1.66. The first-order valence-corrected chi connectivity index (χ1v) is 11.0. The van der Waals surface area contributed by atoms with Gasteiger partial charge in [0.05, 0.1) is 0 Å². The smallest absolute Gasteiger partial charge is 0.229 e. The summed E-state index contributed by atoms with van der Waals surface area (Å²) >= 11 is 0. The lowest BCUT2D eigenvalue weighted by molar-refractivity contribution is 0.568. The van der Waals surface area contributed by atoms with E-state index in [0.717, 1.165) is 54.1 Å². The lowest BCUT2D eigenvalue weighted by atomic mass is 10.1. The summed E-state index contributed by atoms with van der Waals surface area (Å²) < 4.78 is 2.14. The quantitative estimate of drug-likeness (QED) is 0.473. The van der Waals surface area contributed by atoms with Crippen LogP contribution in [-0.2, 0) is 6.54 Å². The van der Waals surface area contributed by atoms with E-state index in [0.29, 0.717) is 0 Å². The van der Waals surface area contributed by atoms with E-state index in [2.05, 4.69) is 69.9 Å². The molecule has 2 aromatic heterocycles. The van der Waals surface area contributed by atoms with E-state index in [-0.39, 0.29) is 0 Å². The first-order valence-electron chi connectivity index (χ1n) is 11.0. The molecular formula is C25H28N6. The maximum atomic E-state index is 5.03. The second-order valence-electron chi connectivity index (χ2n) is 8.24. The summed E-state index contributed by atoms with van der Waals surface area (Å²) in [5.74, 6) is 2.60. The van der Waals surface area contributed by atoms with Gasteiger partial charge in [0, 0.05) is 32.4 Å². The number of para-hydroxylation sites is 1. The summed E-state index contributed by atoms with van der Waals surface area (Å²) in [6, 6.07) is 20.8. The lowest BCUT2D eigenvalue weighted by Crippen LogP contribution is -2.31. The molecular weight excluding hydrogens is 384 g/mol. The van der Waals surface area contributed by atoms with Crippen molar-refractivity contribution in [3.63, 3.8) is 0 Å². The van der Waals surface area contributed by atoms with Crippen molar-refractivity contribution >= 4 is 22.9 Å². The summed E-state index contributed by atoms with van der Waals surface area (Å²) in [5.41, 5.74) is 4.03. The summed E-state index contributed by atoms with van der Waals surface area (Å²) in [4.78, 5) is 19.5. The first kappa shape index (κ1) is 19.5. The molecule has 0 atom stereocenters. The average molecular weight is 413 g/mol. The van der Waals surface area contributed by atoms with Gasteiger partial charge in [0.15, 0.2) is 17.0 Å². The van der Waals surface area contributed by atoms with E-state index >= 15 is 0 Å². The molecule has 0 amide bonds. The minimum absolute atomic E-state index is 0.767. The molecule has 1 aliphatic rings. The molecule has 0 bridgehead atoms. The van der Waals surface area contributed by atoms with Crippen molar-refractivity contribution in [3.05, 3.63) is 72.1 Å². The zero-order chi connectivity index (χ0) is 21.2. The zero-order valence-electron chi connectivity index (χ0n) is 18.2. The van der Waals surface area contributed by atoms with Crippen LogP contribution in [0.3, 0.4) is 0 Å². The Morgan fingerprint density at radius 2 is 1.52 bits per heavy atom. The van der Waals surface area contributed by atoms with Gasteiger partial charge >= 0.3 is 0 Å². The van der Waals surface area contributed by atoms with Crippen LogP contribution in [-0.4, -0.2) is 39.7 Å². The van der Waals surface area contributed by atoms with Crippen molar-refractivity contribution in [1.82, 2.24) is 19.5 Å². The maximum Gasteiger partial charge on any atom is 0.229 e. The van der Waals surface area contributed by atoms with Crippen molar-refractivity contribution < 1.29 is 0 Å². The molecule has 3 heterocycles. The summed E-state index contributed by atoms with van der Waals surface area (Å²) in [5, 5.41) is 0.